The fourth-order valence-electron chi connectivity index (χ4n) is 2.54. The van der Waals surface area contributed by atoms with Gasteiger partial charge in [0.15, 0.2) is 0 Å². The van der Waals surface area contributed by atoms with Gasteiger partial charge < -0.3 is 0 Å². The van der Waals surface area contributed by atoms with Crippen molar-refractivity contribution in [2.75, 3.05) is 0 Å². The van der Waals surface area contributed by atoms with E-state index in [4.69, 9.17) is 0 Å². The van der Waals surface area contributed by atoms with Crippen LogP contribution in [0.4, 0.5) is 0 Å². The molecule has 0 fully saturated rings. The SMILES string of the molecule is CC(C)(C)c1cc(C(C)(C)C)c(/C([Se])=N/O)c(C(C)(C)C)c1.[CH3][Sn][CH3]. The molecule has 141 valence electrons. The van der Waals surface area contributed by atoms with Crippen molar-refractivity contribution in [3.8, 4) is 0 Å². The van der Waals surface area contributed by atoms with Crippen molar-refractivity contribution in [3.63, 3.8) is 0 Å². The van der Waals surface area contributed by atoms with Gasteiger partial charge in [0.05, 0.1) is 0 Å². The Morgan fingerprint density at radius 1 is 0.840 bits per heavy atom. The van der Waals surface area contributed by atoms with Gasteiger partial charge in [0, 0.05) is 0 Å². The average molecular weight is 516 g/mol. The molecule has 1 rings (SSSR count). The van der Waals surface area contributed by atoms with Crippen LogP contribution in [0.1, 0.15) is 84.6 Å². The van der Waals surface area contributed by atoms with Crippen LogP contribution >= 0.6 is 0 Å². The van der Waals surface area contributed by atoms with Gasteiger partial charge in [0.1, 0.15) is 0 Å². The van der Waals surface area contributed by atoms with Crippen LogP contribution in [0.15, 0.2) is 17.3 Å². The van der Waals surface area contributed by atoms with Gasteiger partial charge >= 0.3 is 175 Å². The maximum atomic E-state index is 9.35. The summed E-state index contributed by atoms with van der Waals surface area (Å²) in [6.07, 6.45) is 0. The van der Waals surface area contributed by atoms with Gasteiger partial charge in [-0.3, -0.25) is 0 Å². The van der Waals surface area contributed by atoms with Crippen LogP contribution in [-0.2, 0) is 16.2 Å². The molecule has 0 spiro atoms. The molecule has 0 heterocycles. The van der Waals surface area contributed by atoms with E-state index in [0.29, 0.717) is 4.61 Å². The molecule has 0 aromatic heterocycles. The summed E-state index contributed by atoms with van der Waals surface area (Å²) in [7, 11) is 0. The summed E-state index contributed by atoms with van der Waals surface area (Å²) < 4.78 is 0.565. The summed E-state index contributed by atoms with van der Waals surface area (Å²) in [6.45, 7) is 19.9. The quantitative estimate of drug-likeness (QED) is 0.222. The fraction of sp³-hybridized carbons (Fsp3) is 0.667. The maximum absolute atomic E-state index is 9.35. The van der Waals surface area contributed by atoms with Crippen molar-refractivity contribution in [1.82, 2.24) is 0 Å². The summed E-state index contributed by atoms with van der Waals surface area (Å²) in [5, 5.41) is 12.8. The van der Waals surface area contributed by atoms with Gasteiger partial charge in [-0.1, -0.05) is 0 Å². The molecule has 0 amide bonds. The monoisotopic (exact) mass is 518 g/mol. The van der Waals surface area contributed by atoms with Gasteiger partial charge in [-0.25, -0.2) is 0 Å². The zero-order valence-electron chi connectivity index (χ0n) is 18.0. The molecule has 0 bridgehead atoms. The predicted octanol–water partition coefficient (Wildman–Crippen LogP) is 5.67. The summed E-state index contributed by atoms with van der Waals surface area (Å²) in [5.41, 5.74) is 4.80. The van der Waals surface area contributed by atoms with Crippen LogP contribution in [0, 0.1) is 0 Å². The number of benzene rings is 1. The Balaban J connectivity index is 0.00000178. The van der Waals surface area contributed by atoms with E-state index in [2.05, 4.69) is 105 Å². The van der Waals surface area contributed by atoms with Gasteiger partial charge in [-0.2, -0.15) is 0 Å². The van der Waals surface area contributed by atoms with E-state index < -0.39 is 0 Å². The summed E-state index contributed by atoms with van der Waals surface area (Å²) in [5.74, 6) is 0. The van der Waals surface area contributed by atoms with Gasteiger partial charge in [-0.15, -0.1) is 0 Å². The van der Waals surface area contributed by atoms with E-state index in [1.807, 2.05) is 0 Å². The average Bonchev–Trinajstić information content (AvgIpc) is 2.43. The molecule has 4 heteroatoms. The Hall–Kier alpha value is 0.00818. The number of nitrogens with zero attached hydrogens (tertiary/aromatic N) is 1. The molecule has 3 radical (unpaired) electrons. The zero-order chi connectivity index (χ0) is 20.2. The first-order chi connectivity index (χ1) is 11.1. The van der Waals surface area contributed by atoms with E-state index in [-0.39, 0.29) is 37.4 Å². The molecular formula is C21H36NOSeSn. The molecule has 1 aromatic carbocycles. The van der Waals surface area contributed by atoms with Crippen LogP contribution in [0.5, 0.6) is 0 Å². The van der Waals surface area contributed by atoms with E-state index in [0.717, 1.165) is 5.56 Å². The summed E-state index contributed by atoms with van der Waals surface area (Å²) >= 11 is 3.16. The third-order valence-electron chi connectivity index (χ3n) is 3.93. The molecule has 25 heavy (non-hydrogen) atoms. The molecule has 0 saturated carbocycles. The third kappa shape index (κ3) is 7.26. The van der Waals surface area contributed by atoms with Gasteiger partial charge in [-0.05, 0) is 0 Å². The molecular weight excluding hydrogens is 480 g/mol. The third-order valence-corrected chi connectivity index (χ3v) is 4.52. The number of hydrogen-bond donors (Lipinski definition) is 1. The molecule has 0 saturated heterocycles. The second kappa shape index (κ2) is 9.28. The van der Waals surface area contributed by atoms with Crippen LogP contribution in [-0.4, -0.2) is 47.0 Å². The number of oxime groups is 1. The normalized spacial score (nSPS) is 13.3. The predicted molar refractivity (Wildman–Crippen MR) is 114 cm³/mol. The van der Waals surface area contributed by atoms with E-state index in [9.17, 15) is 5.21 Å². The van der Waals surface area contributed by atoms with Crippen molar-refractivity contribution < 1.29 is 5.21 Å². The van der Waals surface area contributed by atoms with Crippen molar-refractivity contribution in [2.45, 2.75) is 88.4 Å². The Bertz CT molecular complexity index is 567. The minimum atomic E-state index is -0.0314. The first-order valence-corrected chi connectivity index (χ1v) is 15.3. The molecule has 0 unspecified atom stereocenters. The molecule has 0 atom stereocenters. The molecule has 0 aliphatic heterocycles. The summed E-state index contributed by atoms with van der Waals surface area (Å²) in [6, 6.07) is 4.54. The molecule has 2 nitrogen and oxygen atoms in total. The standard InChI is InChI=1S/C19H30NOSe.2CH3.Sn/c1-17(2,3)12-10-13(18(4,5)6)15(16(22)20-21)14(11-12)19(7,8)9;;;/h10-11,21H,1-9H3;2*1H3;/b20-16-;;;. The molecule has 0 aliphatic carbocycles. The van der Waals surface area contributed by atoms with Crippen molar-refractivity contribution in [3.05, 3.63) is 34.4 Å². The van der Waals surface area contributed by atoms with Gasteiger partial charge in [0.25, 0.3) is 0 Å². The Kier molecular flexibility index (Phi) is 9.28. The van der Waals surface area contributed by atoms with Crippen molar-refractivity contribution in [1.29, 1.82) is 0 Å². The second-order valence-electron chi connectivity index (χ2n) is 9.60. The topological polar surface area (TPSA) is 32.6 Å². The number of hydrogen-bond acceptors (Lipinski definition) is 2. The van der Waals surface area contributed by atoms with E-state index in [1.54, 1.807) is 0 Å². The van der Waals surface area contributed by atoms with Crippen LogP contribution < -0.4 is 0 Å². The van der Waals surface area contributed by atoms with Crippen molar-refractivity contribution >= 4 is 41.8 Å². The first kappa shape index (κ1) is 25.0. The fourth-order valence-corrected chi connectivity index (χ4v) is 3.00. The molecule has 1 aromatic rings. The van der Waals surface area contributed by atoms with Crippen LogP contribution in [0.25, 0.3) is 0 Å². The van der Waals surface area contributed by atoms with Gasteiger partial charge in [0.2, 0.25) is 0 Å². The van der Waals surface area contributed by atoms with E-state index >= 15 is 0 Å². The molecule has 1 N–H and O–H groups in total. The van der Waals surface area contributed by atoms with E-state index in [1.165, 1.54) is 16.7 Å². The minimum absolute atomic E-state index is 0.0314. The van der Waals surface area contributed by atoms with Crippen LogP contribution in [0.2, 0.25) is 9.88 Å². The Labute approximate surface area is 174 Å². The molecule has 0 aliphatic rings. The van der Waals surface area contributed by atoms with Crippen LogP contribution in [0.3, 0.4) is 0 Å². The summed E-state index contributed by atoms with van der Waals surface area (Å²) in [4.78, 5) is 4.59. The van der Waals surface area contributed by atoms with Crippen molar-refractivity contribution in [2.24, 2.45) is 5.16 Å². The Morgan fingerprint density at radius 2 is 1.16 bits per heavy atom. The first-order valence-electron chi connectivity index (χ1n) is 8.78. The second-order valence-corrected chi connectivity index (χ2v) is 13.3. The number of rotatable bonds is 1. The zero-order valence-corrected chi connectivity index (χ0v) is 22.5. The Morgan fingerprint density at radius 3 is 1.36 bits per heavy atom.